The SMILES string of the molecule is CC1=C(C(=O)Nc2ccc(C)cc2C)CC(CC(=O)Nc2cccc(Cl)c2C)C(=O)N1. The molecule has 31 heavy (non-hydrogen) atoms. The Kier molecular flexibility index (Phi) is 6.81. The number of carbonyl (C=O) groups is 3. The Labute approximate surface area is 187 Å². The summed E-state index contributed by atoms with van der Waals surface area (Å²) in [5, 5.41) is 9.01. The minimum absolute atomic E-state index is 0.0363. The van der Waals surface area contributed by atoms with E-state index in [1.54, 1.807) is 25.1 Å². The molecular formula is C24H26ClN3O3. The summed E-state index contributed by atoms with van der Waals surface area (Å²) >= 11 is 6.10. The summed E-state index contributed by atoms with van der Waals surface area (Å²) in [6.45, 7) is 7.42. The second kappa shape index (κ2) is 9.35. The number of benzene rings is 2. The van der Waals surface area contributed by atoms with E-state index in [1.807, 2.05) is 39.0 Å². The van der Waals surface area contributed by atoms with Gasteiger partial charge in [0.15, 0.2) is 0 Å². The third-order valence-corrected chi connectivity index (χ3v) is 5.87. The van der Waals surface area contributed by atoms with Crippen LogP contribution in [0.5, 0.6) is 0 Å². The molecule has 0 bridgehead atoms. The van der Waals surface area contributed by atoms with Gasteiger partial charge in [0.1, 0.15) is 0 Å². The molecule has 1 aliphatic rings. The highest BCUT2D eigenvalue weighted by molar-refractivity contribution is 6.31. The number of nitrogens with one attached hydrogen (secondary N) is 3. The molecule has 3 N–H and O–H groups in total. The van der Waals surface area contributed by atoms with Crippen molar-refractivity contribution in [2.24, 2.45) is 5.92 Å². The van der Waals surface area contributed by atoms with Gasteiger partial charge in [-0.05, 0) is 63.4 Å². The second-order valence-electron chi connectivity index (χ2n) is 7.93. The van der Waals surface area contributed by atoms with E-state index in [0.29, 0.717) is 22.0 Å². The number of aryl methyl sites for hydroxylation is 2. The van der Waals surface area contributed by atoms with Gasteiger partial charge in [-0.15, -0.1) is 0 Å². The van der Waals surface area contributed by atoms with Crippen molar-refractivity contribution >= 4 is 40.7 Å². The molecule has 0 radical (unpaired) electrons. The maximum absolute atomic E-state index is 12.9. The number of hydrogen-bond donors (Lipinski definition) is 3. The lowest BCUT2D eigenvalue weighted by Crippen LogP contribution is -2.39. The fourth-order valence-electron chi connectivity index (χ4n) is 3.60. The largest absolute Gasteiger partial charge is 0.329 e. The maximum atomic E-state index is 12.9. The van der Waals surface area contributed by atoms with E-state index in [-0.39, 0.29) is 30.6 Å². The van der Waals surface area contributed by atoms with Crippen molar-refractivity contribution in [3.8, 4) is 0 Å². The molecule has 3 amide bonds. The predicted molar refractivity (Wildman–Crippen MR) is 123 cm³/mol. The molecular weight excluding hydrogens is 414 g/mol. The molecule has 1 unspecified atom stereocenters. The lowest BCUT2D eigenvalue weighted by atomic mass is 9.90. The third-order valence-electron chi connectivity index (χ3n) is 5.46. The molecule has 2 aromatic rings. The van der Waals surface area contributed by atoms with Gasteiger partial charge in [-0.3, -0.25) is 14.4 Å². The lowest BCUT2D eigenvalue weighted by molar-refractivity contribution is -0.128. The van der Waals surface area contributed by atoms with Gasteiger partial charge in [-0.25, -0.2) is 0 Å². The topological polar surface area (TPSA) is 87.3 Å². The van der Waals surface area contributed by atoms with E-state index in [9.17, 15) is 14.4 Å². The summed E-state index contributed by atoms with van der Waals surface area (Å²) in [6, 6.07) is 11.0. The van der Waals surface area contributed by atoms with Crippen molar-refractivity contribution in [3.05, 3.63) is 69.4 Å². The molecule has 7 heteroatoms. The van der Waals surface area contributed by atoms with Crippen LogP contribution in [0.4, 0.5) is 11.4 Å². The molecule has 0 spiro atoms. The van der Waals surface area contributed by atoms with Crippen LogP contribution in [0, 0.1) is 26.7 Å². The quantitative estimate of drug-likeness (QED) is 0.634. The number of allylic oxidation sites excluding steroid dienone is 1. The molecule has 1 atom stereocenters. The van der Waals surface area contributed by atoms with Gasteiger partial charge < -0.3 is 16.0 Å². The number of carbonyl (C=O) groups excluding carboxylic acids is 3. The fraction of sp³-hybridized carbons (Fsp3) is 0.292. The molecule has 0 aromatic heterocycles. The van der Waals surface area contributed by atoms with Crippen LogP contribution in [-0.4, -0.2) is 17.7 Å². The van der Waals surface area contributed by atoms with Crippen LogP contribution in [-0.2, 0) is 14.4 Å². The molecule has 1 heterocycles. The molecule has 1 aliphatic heterocycles. The second-order valence-corrected chi connectivity index (χ2v) is 8.34. The first-order chi connectivity index (χ1) is 14.7. The summed E-state index contributed by atoms with van der Waals surface area (Å²) in [4.78, 5) is 37.9. The smallest absolute Gasteiger partial charge is 0.253 e. The summed E-state index contributed by atoms with van der Waals surface area (Å²) in [7, 11) is 0. The summed E-state index contributed by atoms with van der Waals surface area (Å²) in [6.07, 6.45) is 0.155. The zero-order valence-corrected chi connectivity index (χ0v) is 18.8. The molecule has 2 aromatic carbocycles. The highest BCUT2D eigenvalue weighted by Gasteiger charge is 2.31. The first-order valence-corrected chi connectivity index (χ1v) is 10.5. The Hall–Kier alpha value is -3.12. The molecule has 0 saturated heterocycles. The number of anilines is 2. The molecule has 0 fully saturated rings. The molecule has 0 aliphatic carbocycles. The van der Waals surface area contributed by atoms with E-state index in [4.69, 9.17) is 11.6 Å². The Bertz CT molecular complexity index is 1090. The minimum Gasteiger partial charge on any atom is -0.329 e. The van der Waals surface area contributed by atoms with Gasteiger partial charge in [0.2, 0.25) is 11.8 Å². The standard InChI is InChI=1S/C24H26ClN3O3/c1-13-8-9-20(14(2)10-13)28-24(31)18-11-17(23(30)26-16(18)4)12-22(29)27-21-7-5-6-19(25)15(21)3/h5-10,17H,11-12H2,1-4H3,(H,26,30)(H,27,29)(H,28,31). The average Bonchev–Trinajstić information content (AvgIpc) is 2.69. The van der Waals surface area contributed by atoms with Crippen molar-refractivity contribution in [3.63, 3.8) is 0 Å². The molecule has 3 rings (SSSR count). The zero-order chi connectivity index (χ0) is 22.7. The van der Waals surface area contributed by atoms with Crippen LogP contribution in [0.25, 0.3) is 0 Å². The van der Waals surface area contributed by atoms with E-state index in [1.165, 1.54) is 0 Å². The first-order valence-electron chi connectivity index (χ1n) is 10.1. The van der Waals surface area contributed by atoms with Crippen LogP contribution in [0.15, 0.2) is 47.7 Å². The summed E-state index contributed by atoms with van der Waals surface area (Å²) in [5.74, 6) is -1.48. The van der Waals surface area contributed by atoms with E-state index in [2.05, 4.69) is 16.0 Å². The van der Waals surface area contributed by atoms with Gasteiger partial charge in [0.25, 0.3) is 5.91 Å². The number of halogens is 1. The van der Waals surface area contributed by atoms with Gasteiger partial charge in [0, 0.05) is 34.1 Å². The predicted octanol–water partition coefficient (Wildman–Crippen LogP) is 4.64. The molecule has 162 valence electrons. The highest BCUT2D eigenvalue weighted by atomic mass is 35.5. The van der Waals surface area contributed by atoms with Gasteiger partial charge in [-0.2, -0.15) is 0 Å². The Balaban J connectivity index is 1.69. The van der Waals surface area contributed by atoms with Crippen LogP contribution in [0.3, 0.4) is 0 Å². The van der Waals surface area contributed by atoms with Crippen LogP contribution in [0.2, 0.25) is 5.02 Å². The maximum Gasteiger partial charge on any atom is 0.253 e. The van der Waals surface area contributed by atoms with Crippen molar-refractivity contribution in [2.75, 3.05) is 10.6 Å². The zero-order valence-electron chi connectivity index (χ0n) is 18.1. The van der Waals surface area contributed by atoms with Crippen LogP contribution < -0.4 is 16.0 Å². The minimum atomic E-state index is -0.636. The average molecular weight is 440 g/mol. The third kappa shape index (κ3) is 5.33. The highest BCUT2D eigenvalue weighted by Crippen LogP contribution is 2.27. The van der Waals surface area contributed by atoms with Crippen LogP contribution in [0.1, 0.15) is 36.5 Å². The summed E-state index contributed by atoms with van der Waals surface area (Å²) < 4.78 is 0. The Morgan fingerprint density at radius 3 is 2.52 bits per heavy atom. The van der Waals surface area contributed by atoms with Gasteiger partial charge >= 0.3 is 0 Å². The van der Waals surface area contributed by atoms with Crippen molar-refractivity contribution in [1.82, 2.24) is 5.32 Å². The molecule has 0 saturated carbocycles. The summed E-state index contributed by atoms with van der Waals surface area (Å²) in [5.41, 5.74) is 5.13. The Morgan fingerprint density at radius 2 is 1.81 bits per heavy atom. The number of amides is 3. The van der Waals surface area contributed by atoms with Crippen molar-refractivity contribution in [2.45, 2.75) is 40.5 Å². The van der Waals surface area contributed by atoms with Crippen molar-refractivity contribution < 1.29 is 14.4 Å². The monoisotopic (exact) mass is 439 g/mol. The number of hydrogen-bond acceptors (Lipinski definition) is 3. The van der Waals surface area contributed by atoms with E-state index < -0.39 is 5.92 Å². The normalized spacial score (nSPS) is 16.0. The van der Waals surface area contributed by atoms with E-state index >= 15 is 0 Å². The number of rotatable bonds is 5. The first kappa shape index (κ1) is 22.6. The van der Waals surface area contributed by atoms with Gasteiger partial charge in [0.05, 0.1) is 5.92 Å². The lowest BCUT2D eigenvalue weighted by Gasteiger charge is -2.25. The molecule has 6 nitrogen and oxygen atoms in total. The van der Waals surface area contributed by atoms with Crippen molar-refractivity contribution in [1.29, 1.82) is 0 Å². The fourth-order valence-corrected chi connectivity index (χ4v) is 3.78. The Morgan fingerprint density at radius 1 is 1.06 bits per heavy atom. The van der Waals surface area contributed by atoms with Gasteiger partial charge in [-0.1, -0.05) is 35.4 Å². The van der Waals surface area contributed by atoms with Crippen LogP contribution >= 0.6 is 11.6 Å². The van der Waals surface area contributed by atoms with E-state index in [0.717, 1.165) is 22.4 Å².